The van der Waals surface area contributed by atoms with Gasteiger partial charge in [0.2, 0.25) is 5.91 Å². The van der Waals surface area contributed by atoms with Crippen molar-refractivity contribution in [1.29, 1.82) is 0 Å². The lowest BCUT2D eigenvalue weighted by Gasteiger charge is -2.21. The van der Waals surface area contributed by atoms with Crippen molar-refractivity contribution in [3.8, 4) is 0 Å². The number of aliphatic imine (C=N–C) groups is 1. The summed E-state index contributed by atoms with van der Waals surface area (Å²) < 4.78 is 0. The topological polar surface area (TPSA) is 81.6 Å². The Hall–Kier alpha value is -2.17. The van der Waals surface area contributed by atoms with Gasteiger partial charge in [-0.15, -0.1) is 0 Å². The maximum absolute atomic E-state index is 11.5. The maximum atomic E-state index is 11.5. The number of carboxylic acids is 1. The van der Waals surface area contributed by atoms with E-state index in [0.29, 0.717) is 11.3 Å². The highest BCUT2D eigenvalue weighted by Crippen LogP contribution is 2.23. The van der Waals surface area contributed by atoms with Crippen LogP contribution in [0.4, 0.5) is 5.69 Å². The standard InChI is InChI=1S/C16H20N2O3/c1-11(19)17-14-10-6-5-9-13(14)15(16(20)21)18-12-7-3-2-4-8-12/h5-6,9-10,12H,2-4,7-8H2,1H3,(H,17,19)(H,20,21)/p-1. The average molecular weight is 287 g/mol. The molecule has 0 spiro atoms. The van der Waals surface area contributed by atoms with Crippen LogP contribution in [0.3, 0.4) is 0 Å². The lowest BCUT2D eigenvalue weighted by Crippen LogP contribution is -2.34. The van der Waals surface area contributed by atoms with Gasteiger partial charge in [0.25, 0.3) is 0 Å². The van der Waals surface area contributed by atoms with Crippen LogP contribution in [0.25, 0.3) is 0 Å². The Bertz CT molecular complexity index is 560. The number of nitrogens with zero attached hydrogens (tertiary/aromatic N) is 1. The fourth-order valence-corrected chi connectivity index (χ4v) is 2.61. The predicted octanol–water partition coefficient (Wildman–Crippen LogP) is 1.52. The number of aliphatic carboxylic acids is 1. The summed E-state index contributed by atoms with van der Waals surface area (Å²) in [6.45, 7) is 1.38. The van der Waals surface area contributed by atoms with Gasteiger partial charge in [-0.05, 0) is 18.9 Å². The summed E-state index contributed by atoms with van der Waals surface area (Å²) in [6.07, 6.45) is 5.12. The Morgan fingerprint density at radius 2 is 1.86 bits per heavy atom. The van der Waals surface area contributed by atoms with Crippen LogP contribution in [0.1, 0.15) is 44.6 Å². The van der Waals surface area contributed by atoms with E-state index in [9.17, 15) is 14.7 Å². The first-order valence-corrected chi connectivity index (χ1v) is 7.24. The zero-order valence-corrected chi connectivity index (χ0v) is 12.1. The quantitative estimate of drug-likeness (QED) is 0.852. The molecule has 1 amide bonds. The third kappa shape index (κ3) is 4.15. The average Bonchev–Trinajstić information content (AvgIpc) is 2.46. The number of nitrogens with one attached hydrogen (secondary N) is 1. The number of amides is 1. The Labute approximate surface area is 124 Å². The molecular weight excluding hydrogens is 268 g/mol. The van der Waals surface area contributed by atoms with E-state index in [2.05, 4.69) is 10.3 Å². The number of rotatable bonds is 4. The fourth-order valence-electron chi connectivity index (χ4n) is 2.61. The van der Waals surface area contributed by atoms with Crippen molar-refractivity contribution in [1.82, 2.24) is 0 Å². The van der Waals surface area contributed by atoms with Crippen LogP contribution in [-0.2, 0) is 9.59 Å². The lowest BCUT2D eigenvalue weighted by atomic mass is 9.95. The smallest absolute Gasteiger partial charge is 0.221 e. The van der Waals surface area contributed by atoms with E-state index >= 15 is 0 Å². The third-order valence-corrected chi connectivity index (χ3v) is 3.57. The van der Waals surface area contributed by atoms with Gasteiger partial charge in [0.1, 0.15) is 0 Å². The van der Waals surface area contributed by atoms with Crippen LogP contribution in [0.2, 0.25) is 0 Å². The second-order valence-electron chi connectivity index (χ2n) is 5.28. The van der Waals surface area contributed by atoms with Crippen molar-refractivity contribution in [2.45, 2.75) is 45.1 Å². The number of hydrogen-bond donors (Lipinski definition) is 1. The first-order chi connectivity index (χ1) is 10.1. The molecular formula is C16H19N2O3-. The highest BCUT2D eigenvalue weighted by atomic mass is 16.4. The zero-order chi connectivity index (χ0) is 15.2. The molecule has 2 rings (SSSR count). The minimum absolute atomic E-state index is 0.0250. The van der Waals surface area contributed by atoms with Crippen molar-refractivity contribution >= 4 is 23.3 Å². The first kappa shape index (κ1) is 15.2. The molecule has 0 saturated heterocycles. The van der Waals surface area contributed by atoms with E-state index in [-0.39, 0.29) is 17.7 Å². The maximum Gasteiger partial charge on any atom is 0.221 e. The second kappa shape index (κ2) is 7.02. The van der Waals surface area contributed by atoms with Crippen molar-refractivity contribution in [3.05, 3.63) is 29.8 Å². The summed E-state index contributed by atoms with van der Waals surface area (Å²) in [5.74, 6) is -1.56. The van der Waals surface area contributed by atoms with Crippen molar-refractivity contribution in [2.24, 2.45) is 4.99 Å². The molecule has 0 atom stereocenters. The summed E-state index contributed by atoms with van der Waals surface area (Å²) >= 11 is 0. The molecule has 1 N–H and O–H groups in total. The summed E-state index contributed by atoms with van der Waals surface area (Å²) in [5, 5.41) is 14.1. The van der Waals surface area contributed by atoms with Crippen LogP contribution >= 0.6 is 0 Å². The van der Waals surface area contributed by atoms with Gasteiger partial charge in [-0.2, -0.15) is 0 Å². The minimum atomic E-state index is -1.31. The van der Waals surface area contributed by atoms with Gasteiger partial charge in [-0.25, -0.2) is 0 Å². The van der Waals surface area contributed by atoms with E-state index in [0.717, 1.165) is 25.7 Å². The number of benzene rings is 1. The number of carbonyl (C=O) groups is 2. The molecule has 0 aliphatic heterocycles. The van der Waals surface area contributed by atoms with Crippen molar-refractivity contribution < 1.29 is 14.7 Å². The van der Waals surface area contributed by atoms with E-state index < -0.39 is 5.97 Å². The second-order valence-corrected chi connectivity index (χ2v) is 5.28. The number of carbonyl (C=O) groups excluding carboxylic acids is 2. The molecule has 5 nitrogen and oxygen atoms in total. The van der Waals surface area contributed by atoms with Gasteiger partial charge in [0.05, 0.1) is 23.4 Å². The summed E-state index contributed by atoms with van der Waals surface area (Å²) in [6, 6.07) is 6.79. The highest BCUT2D eigenvalue weighted by Gasteiger charge is 2.16. The molecule has 0 bridgehead atoms. The Morgan fingerprint density at radius 1 is 1.19 bits per heavy atom. The van der Waals surface area contributed by atoms with Gasteiger partial charge in [-0.3, -0.25) is 9.79 Å². The van der Waals surface area contributed by atoms with Crippen molar-refractivity contribution in [3.63, 3.8) is 0 Å². The monoisotopic (exact) mass is 287 g/mol. The molecule has 21 heavy (non-hydrogen) atoms. The van der Waals surface area contributed by atoms with Gasteiger partial charge in [0, 0.05) is 12.5 Å². The molecule has 1 fully saturated rings. The zero-order valence-electron chi connectivity index (χ0n) is 12.1. The molecule has 1 aromatic rings. The summed E-state index contributed by atoms with van der Waals surface area (Å²) in [7, 11) is 0. The van der Waals surface area contributed by atoms with E-state index in [1.165, 1.54) is 13.3 Å². The molecule has 0 radical (unpaired) electrons. The van der Waals surface area contributed by atoms with Crippen LogP contribution < -0.4 is 10.4 Å². The lowest BCUT2D eigenvalue weighted by molar-refractivity contribution is -0.294. The number of hydrogen-bond acceptors (Lipinski definition) is 4. The number of carboxylic acid groups (broad SMARTS) is 1. The summed E-state index contributed by atoms with van der Waals surface area (Å²) in [5.41, 5.74) is 0.772. The largest absolute Gasteiger partial charge is 0.543 e. The number of anilines is 1. The molecule has 0 heterocycles. The van der Waals surface area contributed by atoms with Crippen LogP contribution in [0.5, 0.6) is 0 Å². The predicted molar refractivity (Wildman–Crippen MR) is 79.2 cm³/mol. The van der Waals surface area contributed by atoms with Gasteiger partial charge >= 0.3 is 0 Å². The Balaban J connectivity index is 2.36. The van der Waals surface area contributed by atoms with Gasteiger partial charge in [0.15, 0.2) is 0 Å². The van der Waals surface area contributed by atoms with Gasteiger partial charge < -0.3 is 15.2 Å². The summed E-state index contributed by atoms with van der Waals surface area (Å²) in [4.78, 5) is 27.1. The molecule has 1 aliphatic carbocycles. The minimum Gasteiger partial charge on any atom is -0.543 e. The van der Waals surface area contributed by atoms with Crippen LogP contribution in [0, 0.1) is 0 Å². The van der Waals surface area contributed by atoms with Gasteiger partial charge in [-0.1, -0.05) is 37.5 Å². The molecule has 1 aliphatic rings. The molecule has 1 saturated carbocycles. The molecule has 112 valence electrons. The van der Waals surface area contributed by atoms with E-state index in [1.807, 2.05) is 0 Å². The van der Waals surface area contributed by atoms with Crippen molar-refractivity contribution in [2.75, 3.05) is 5.32 Å². The normalized spacial score (nSPS) is 16.5. The van der Waals surface area contributed by atoms with Crippen LogP contribution in [-0.4, -0.2) is 23.6 Å². The third-order valence-electron chi connectivity index (χ3n) is 3.57. The van der Waals surface area contributed by atoms with E-state index in [4.69, 9.17) is 0 Å². The first-order valence-electron chi connectivity index (χ1n) is 7.24. The molecule has 5 heteroatoms. The highest BCUT2D eigenvalue weighted by molar-refractivity contribution is 6.43. The van der Waals surface area contributed by atoms with E-state index in [1.54, 1.807) is 24.3 Å². The number of para-hydroxylation sites is 1. The molecule has 0 unspecified atom stereocenters. The molecule has 1 aromatic carbocycles. The Kier molecular flexibility index (Phi) is 5.09. The SMILES string of the molecule is CC(=O)Nc1ccccc1C(=NC1CCCCC1)C(=O)[O-]. The van der Waals surface area contributed by atoms with Crippen LogP contribution in [0.15, 0.2) is 29.3 Å². The molecule has 0 aromatic heterocycles. The Morgan fingerprint density at radius 3 is 2.48 bits per heavy atom. The fraction of sp³-hybridized carbons (Fsp3) is 0.438.